The topological polar surface area (TPSA) is 88.1 Å². The van der Waals surface area contributed by atoms with E-state index in [1.807, 2.05) is 19.6 Å². The van der Waals surface area contributed by atoms with Crippen LogP contribution in [0.15, 0.2) is 0 Å². The molecule has 0 rings (SSSR count). The fourth-order valence-electron chi connectivity index (χ4n) is 2.62. The van der Waals surface area contributed by atoms with Crippen LogP contribution in [0, 0.1) is 5.41 Å². The molecule has 0 amide bonds. The van der Waals surface area contributed by atoms with Crippen molar-refractivity contribution in [3.05, 3.63) is 0 Å². The van der Waals surface area contributed by atoms with E-state index in [2.05, 4.69) is 0 Å². The molecule has 0 aliphatic rings. The van der Waals surface area contributed by atoms with Crippen LogP contribution in [0.2, 0.25) is 19.6 Å². The van der Waals surface area contributed by atoms with Crippen molar-refractivity contribution < 1.29 is 31.9 Å². The van der Waals surface area contributed by atoms with Gasteiger partial charge in [0.2, 0.25) is 10.6 Å². The molecule has 0 aromatic rings. The van der Waals surface area contributed by atoms with Gasteiger partial charge in [0.25, 0.3) is 0 Å². The SMILES string of the molecule is CCO[P@](=O)(C(=O)C(C)(C)C)[C@](C)(O[Si](C)(C)C)P(=O)(OC(C)C)OC(C)C. The van der Waals surface area contributed by atoms with E-state index in [-0.39, 0.29) is 6.61 Å². The first kappa shape index (κ1) is 28.2. The molecule has 7 nitrogen and oxygen atoms in total. The first-order chi connectivity index (χ1) is 12.3. The number of carbonyl (C=O) groups is 1. The minimum Gasteiger partial charge on any atom is -0.394 e. The third kappa shape index (κ3) is 6.60. The van der Waals surface area contributed by atoms with Crippen LogP contribution >= 0.6 is 15.0 Å². The fraction of sp³-hybridized carbons (Fsp3) is 0.944. The summed E-state index contributed by atoms with van der Waals surface area (Å²) >= 11 is 0. The lowest BCUT2D eigenvalue weighted by atomic mass is 9.99. The van der Waals surface area contributed by atoms with Gasteiger partial charge < -0.3 is 18.0 Å². The summed E-state index contributed by atoms with van der Waals surface area (Å²) in [6, 6.07) is 0. The van der Waals surface area contributed by atoms with E-state index in [0.717, 1.165) is 0 Å². The number of hydrogen-bond acceptors (Lipinski definition) is 7. The van der Waals surface area contributed by atoms with Gasteiger partial charge in [0.05, 0.1) is 18.8 Å². The summed E-state index contributed by atoms with van der Waals surface area (Å²) in [5, 5.41) is -2.06. The molecule has 0 N–H and O–H groups in total. The Balaban J connectivity index is 7.03. The van der Waals surface area contributed by atoms with Crippen molar-refractivity contribution in [1.29, 1.82) is 0 Å². The van der Waals surface area contributed by atoms with E-state index in [1.165, 1.54) is 6.92 Å². The van der Waals surface area contributed by atoms with Gasteiger partial charge in [-0.25, -0.2) is 0 Å². The van der Waals surface area contributed by atoms with Gasteiger partial charge in [-0.2, -0.15) is 0 Å². The summed E-state index contributed by atoms with van der Waals surface area (Å²) in [5.41, 5.74) is -1.66. The summed E-state index contributed by atoms with van der Waals surface area (Å²) in [5.74, 6) is 0. The molecule has 0 saturated heterocycles. The highest BCUT2D eigenvalue weighted by atomic mass is 31.2. The van der Waals surface area contributed by atoms with E-state index in [4.69, 9.17) is 18.0 Å². The average molecular weight is 459 g/mol. The zero-order valence-corrected chi connectivity index (χ0v) is 22.4. The zero-order chi connectivity index (χ0) is 22.8. The van der Waals surface area contributed by atoms with Gasteiger partial charge in [0.15, 0.2) is 8.32 Å². The molecule has 0 aromatic carbocycles. The molecule has 10 heteroatoms. The molecule has 0 aliphatic carbocycles. The second-order valence-corrected chi connectivity index (χ2v) is 19.2. The molecule has 0 fully saturated rings. The fourth-order valence-corrected chi connectivity index (χ4v) is 11.9. The van der Waals surface area contributed by atoms with Gasteiger partial charge in [0, 0.05) is 5.41 Å². The molecule has 0 heterocycles. The Hall–Kier alpha value is 0.187. The molecule has 2 atom stereocenters. The Labute approximate surface area is 172 Å². The van der Waals surface area contributed by atoms with Gasteiger partial charge in [-0.15, -0.1) is 0 Å². The lowest BCUT2D eigenvalue weighted by Crippen LogP contribution is -2.45. The summed E-state index contributed by atoms with van der Waals surface area (Å²) in [4.78, 5) is 13.3. The summed E-state index contributed by atoms with van der Waals surface area (Å²) < 4.78 is 51.7. The van der Waals surface area contributed by atoms with Gasteiger partial charge in [-0.1, -0.05) is 20.8 Å². The van der Waals surface area contributed by atoms with Crippen molar-refractivity contribution in [3.63, 3.8) is 0 Å². The Bertz CT molecular complexity index is 621. The van der Waals surface area contributed by atoms with Crippen molar-refractivity contribution >= 4 is 28.8 Å². The molecule has 28 heavy (non-hydrogen) atoms. The maximum atomic E-state index is 14.3. The number of carbonyl (C=O) groups excluding carboxylic acids is 1. The van der Waals surface area contributed by atoms with Crippen LogP contribution in [0.25, 0.3) is 0 Å². The van der Waals surface area contributed by atoms with Crippen LogP contribution in [0.4, 0.5) is 0 Å². The Kier molecular flexibility index (Phi) is 9.61. The number of hydrogen-bond donors (Lipinski definition) is 0. The van der Waals surface area contributed by atoms with Gasteiger partial charge in [-0.3, -0.25) is 13.9 Å². The van der Waals surface area contributed by atoms with Crippen molar-refractivity contribution in [2.75, 3.05) is 6.61 Å². The smallest absolute Gasteiger partial charge is 0.371 e. The van der Waals surface area contributed by atoms with E-state index in [1.54, 1.807) is 55.4 Å². The Morgan fingerprint density at radius 3 is 1.57 bits per heavy atom. The maximum absolute atomic E-state index is 14.3. The molecule has 0 aliphatic heterocycles. The molecule has 0 unspecified atom stereocenters. The Morgan fingerprint density at radius 1 is 0.929 bits per heavy atom. The largest absolute Gasteiger partial charge is 0.394 e. The van der Waals surface area contributed by atoms with E-state index in [0.29, 0.717) is 0 Å². The highest BCUT2D eigenvalue weighted by molar-refractivity contribution is 7.86. The highest BCUT2D eigenvalue weighted by Crippen LogP contribution is 2.80. The molecule has 0 bridgehead atoms. The normalized spacial score (nSPS) is 18.2. The van der Waals surface area contributed by atoms with Crippen molar-refractivity contribution in [3.8, 4) is 0 Å². The molecule has 168 valence electrons. The van der Waals surface area contributed by atoms with Crippen molar-refractivity contribution in [2.24, 2.45) is 5.41 Å². The van der Waals surface area contributed by atoms with Crippen LogP contribution in [-0.2, 0) is 31.9 Å². The molecule has 0 radical (unpaired) electrons. The second kappa shape index (κ2) is 9.55. The van der Waals surface area contributed by atoms with Crippen molar-refractivity contribution in [2.45, 2.75) is 99.2 Å². The lowest BCUT2D eigenvalue weighted by Gasteiger charge is -2.45. The maximum Gasteiger partial charge on any atom is 0.371 e. The predicted octanol–water partition coefficient (Wildman–Crippen LogP) is 6.44. The van der Waals surface area contributed by atoms with Crippen LogP contribution < -0.4 is 0 Å². The van der Waals surface area contributed by atoms with Crippen molar-refractivity contribution in [1.82, 2.24) is 0 Å². The van der Waals surface area contributed by atoms with Crippen LogP contribution in [0.5, 0.6) is 0 Å². The Morgan fingerprint density at radius 2 is 1.32 bits per heavy atom. The third-order valence-electron chi connectivity index (χ3n) is 3.47. The van der Waals surface area contributed by atoms with Crippen LogP contribution in [0.1, 0.15) is 62.3 Å². The molecular weight excluding hydrogens is 418 g/mol. The van der Waals surface area contributed by atoms with Crippen LogP contribution in [0.3, 0.4) is 0 Å². The summed E-state index contributed by atoms with van der Waals surface area (Å²) in [6.07, 6.45) is -1.01. The first-order valence-corrected chi connectivity index (χ1v) is 16.3. The highest BCUT2D eigenvalue weighted by Gasteiger charge is 2.68. The monoisotopic (exact) mass is 458 g/mol. The van der Waals surface area contributed by atoms with E-state index >= 15 is 0 Å². The van der Waals surface area contributed by atoms with Gasteiger partial charge in [0.1, 0.15) is 0 Å². The third-order valence-corrected chi connectivity index (χ3v) is 11.9. The second-order valence-electron chi connectivity index (χ2n) is 9.48. The zero-order valence-electron chi connectivity index (χ0n) is 19.6. The quantitative estimate of drug-likeness (QED) is 0.260. The van der Waals surface area contributed by atoms with E-state index in [9.17, 15) is 13.9 Å². The minimum absolute atomic E-state index is 0.00684. The summed E-state index contributed by atoms with van der Waals surface area (Å²) in [6.45, 7) is 20.3. The summed E-state index contributed by atoms with van der Waals surface area (Å²) in [7, 11) is -11.0. The molecule has 0 spiro atoms. The predicted molar refractivity (Wildman–Crippen MR) is 117 cm³/mol. The minimum atomic E-state index is -4.32. The molecule has 0 aromatic heterocycles. The number of rotatable bonds is 11. The van der Waals surface area contributed by atoms with Gasteiger partial charge >= 0.3 is 15.0 Å². The average Bonchev–Trinajstić information content (AvgIpc) is 2.41. The lowest BCUT2D eigenvalue weighted by molar-refractivity contribution is -0.119. The molecule has 0 saturated carbocycles. The first-order valence-electron chi connectivity index (χ1n) is 9.72. The molecular formula is C18H40O7P2Si. The van der Waals surface area contributed by atoms with E-state index < -0.39 is 51.5 Å². The van der Waals surface area contributed by atoms with Gasteiger partial charge in [-0.05, 0) is 61.2 Å². The van der Waals surface area contributed by atoms with Crippen LogP contribution in [-0.4, -0.2) is 37.7 Å². The standard InChI is InChI=1S/C18H40O7P2Si/c1-13-22-26(20,16(19)17(6,7)8)18(9,25-28(10,11)12)27(21,23-14(2)3)24-15(4)5/h14-15H,13H2,1-12H3/t18-,26+/m0/s1.